The number of amides is 2. The normalized spacial score (nSPS) is 11.7. The summed E-state index contributed by atoms with van der Waals surface area (Å²) in [4.78, 5) is 31.8. The Balaban J connectivity index is 1.53. The number of carbonyl (C=O) groups is 2. The number of para-hydroxylation sites is 1. The number of rotatable bonds is 9. The molecule has 0 bridgehead atoms. The fraction of sp³-hybridized carbons (Fsp3) is 0.188. The molecule has 0 saturated heterocycles. The van der Waals surface area contributed by atoms with Gasteiger partial charge in [0.05, 0.1) is 5.52 Å². The van der Waals surface area contributed by atoms with Gasteiger partial charge in [0, 0.05) is 32.0 Å². The number of hydrogen-bond acceptors (Lipinski definition) is 5. The fourth-order valence-corrected chi connectivity index (χ4v) is 4.71. The van der Waals surface area contributed by atoms with Gasteiger partial charge in [0.15, 0.2) is 0 Å². The Kier molecular flexibility index (Phi) is 7.87. The summed E-state index contributed by atoms with van der Waals surface area (Å²) in [5, 5.41) is 11.5. The first-order valence-corrected chi connectivity index (χ1v) is 13.2. The summed E-state index contributed by atoms with van der Waals surface area (Å²) < 4.78 is 1.59. The van der Waals surface area contributed by atoms with Crippen molar-refractivity contribution < 1.29 is 9.59 Å². The molecule has 0 spiro atoms. The predicted octanol–water partition coefficient (Wildman–Crippen LogP) is 5.21. The summed E-state index contributed by atoms with van der Waals surface area (Å²) in [6, 6.07) is 31.6. The van der Waals surface area contributed by atoms with Crippen molar-refractivity contribution in [2.45, 2.75) is 26.1 Å². The van der Waals surface area contributed by atoms with Gasteiger partial charge in [-0.2, -0.15) is 0 Å². The molecule has 0 fully saturated rings. The lowest BCUT2D eigenvalue weighted by Crippen LogP contribution is -2.42. The molecule has 2 amide bonds. The van der Waals surface area contributed by atoms with Gasteiger partial charge in [0.1, 0.15) is 18.1 Å². The summed E-state index contributed by atoms with van der Waals surface area (Å²) in [7, 11) is 3.93. The van der Waals surface area contributed by atoms with E-state index in [2.05, 4.69) is 15.6 Å². The highest BCUT2D eigenvalue weighted by Gasteiger charge is 2.32. The lowest BCUT2D eigenvalue weighted by molar-refractivity contribution is -0.140. The maximum atomic E-state index is 14.1. The van der Waals surface area contributed by atoms with Crippen molar-refractivity contribution in [3.63, 3.8) is 0 Å². The highest BCUT2D eigenvalue weighted by molar-refractivity contribution is 5.98. The summed E-state index contributed by atoms with van der Waals surface area (Å²) in [6.45, 7) is 2.21. The Morgan fingerprint density at radius 1 is 0.850 bits per heavy atom. The molecule has 0 aliphatic rings. The Morgan fingerprint density at radius 3 is 2.25 bits per heavy atom. The van der Waals surface area contributed by atoms with Crippen LogP contribution < -0.4 is 10.2 Å². The predicted molar refractivity (Wildman–Crippen MR) is 158 cm³/mol. The van der Waals surface area contributed by atoms with Gasteiger partial charge in [-0.05, 0) is 60.0 Å². The van der Waals surface area contributed by atoms with E-state index in [0.29, 0.717) is 11.2 Å². The molecule has 0 aliphatic carbocycles. The van der Waals surface area contributed by atoms with Crippen LogP contribution in [-0.2, 0) is 22.7 Å². The largest absolute Gasteiger partial charge is 0.378 e. The molecular weight excluding hydrogens is 500 g/mol. The van der Waals surface area contributed by atoms with Crippen molar-refractivity contribution in [2.24, 2.45) is 0 Å². The number of nitrogens with zero attached hydrogens (tertiary/aromatic N) is 5. The number of fused-ring (bicyclic) bond motifs is 1. The van der Waals surface area contributed by atoms with E-state index in [1.54, 1.807) is 9.58 Å². The highest BCUT2D eigenvalue weighted by atomic mass is 16.2. The summed E-state index contributed by atoms with van der Waals surface area (Å²) in [5.41, 5.74) is 5.86. The van der Waals surface area contributed by atoms with Crippen molar-refractivity contribution >= 4 is 34.2 Å². The molecule has 8 nitrogen and oxygen atoms in total. The third-order valence-electron chi connectivity index (χ3n) is 6.95. The van der Waals surface area contributed by atoms with Crippen LogP contribution in [0, 0.1) is 6.92 Å². The first-order chi connectivity index (χ1) is 19.4. The SMILES string of the molecule is Cc1ccccc1CN(C(=O)Cn1nnc2ccccc21)C(C(=O)Nc1ccc(N(C)C)cc1)c1ccccc1. The number of nitrogens with one attached hydrogen (secondary N) is 1. The quantitative estimate of drug-likeness (QED) is 0.282. The Bertz CT molecular complexity index is 1610. The number of benzene rings is 4. The van der Waals surface area contributed by atoms with Gasteiger partial charge < -0.3 is 15.1 Å². The highest BCUT2D eigenvalue weighted by Crippen LogP contribution is 2.27. The second-order valence-corrected chi connectivity index (χ2v) is 9.93. The Morgan fingerprint density at radius 2 is 1.52 bits per heavy atom. The molecule has 1 aromatic heterocycles. The zero-order chi connectivity index (χ0) is 28.1. The van der Waals surface area contributed by atoms with E-state index >= 15 is 0 Å². The van der Waals surface area contributed by atoms with Gasteiger partial charge in [-0.25, -0.2) is 4.68 Å². The third kappa shape index (κ3) is 5.86. The van der Waals surface area contributed by atoms with Gasteiger partial charge in [0.25, 0.3) is 5.91 Å². The minimum absolute atomic E-state index is 0.0550. The zero-order valence-corrected chi connectivity index (χ0v) is 22.9. The molecule has 0 aliphatic heterocycles. The first kappa shape index (κ1) is 26.6. The average Bonchev–Trinajstić information content (AvgIpc) is 3.37. The Hall–Kier alpha value is -4.98. The van der Waals surface area contributed by atoms with Gasteiger partial charge in [-0.15, -0.1) is 5.10 Å². The molecule has 5 aromatic rings. The molecule has 202 valence electrons. The second-order valence-electron chi connectivity index (χ2n) is 9.93. The summed E-state index contributed by atoms with van der Waals surface area (Å²) in [6.07, 6.45) is 0. The van der Waals surface area contributed by atoms with Crippen LogP contribution in [-0.4, -0.2) is 45.8 Å². The van der Waals surface area contributed by atoms with Crippen LogP contribution in [0.2, 0.25) is 0 Å². The van der Waals surface area contributed by atoms with Crippen LogP contribution >= 0.6 is 0 Å². The molecule has 0 saturated carbocycles. The number of aryl methyl sites for hydroxylation is 1. The summed E-state index contributed by atoms with van der Waals surface area (Å²) in [5.74, 6) is -0.542. The van der Waals surface area contributed by atoms with Crippen molar-refractivity contribution in [2.75, 3.05) is 24.3 Å². The molecule has 40 heavy (non-hydrogen) atoms. The zero-order valence-electron chi connectivity index (χ0n) is 22.9. The van der Waals surface area contributed by atoms with Crippen LogP contribution in [0.5, 0.6) is 0 Å². The molecule has 1 N–H and O–H groups in total. The van der Waals surface area contributed by atoms with E-state index in [4.69, 9.17) is 0 Å². The standard InChI is InChI=1S/C32H32N6O2/c1-23-11-7-8-14-25(23)21-37(30(39)22-38-29-16-10-9-15-28(29)34-35-38)31(24-12-5-4-6-13-24)32(40)33-26-17-19-27(20-18-26)36(2)3/h4-20,31H,21-22H2,1-3H3,(H,33,40). The number of carbonyl (C=O) groups excluding carboxylic acids is 2. The topological polar surface area (TPSA) is 83.4 Å². The molecule has 1 unspecified atom stereocenters. The van der Waals surface area contributed by atoms with Crippen LogP contribution in [0.1, 0.15) is 22.7 Å². The van der Waals surface area contributed by atoms with Crippen molar-refractivity contribution in [3.05, 3.63) is 120 Å². The fourth-order valence-electron chi connectivity index (χ4n) is 4.71. The number of anilines is 2. The van der Waals surface area contributed by atoms with E-state index < -0.39 is 6.04 Å². The average molecular weight is 533 g/mol. The molecule has 8 heteroatoms. The van der Waals surface area contributed by atoms with E-state index in [-0.39, 0.29) is 24.9 Å². The maximum absolute atomic E-state index is 14.1. The molecular formula is C32H32N6O2. The van der Waals surface area contributed by atoms with Gasteiger partial charge in [-0.1, -0.05) is 71.9 Å². The minimum atomic E-state index is -0.878. The van der Waals surface area contributed by atoms with Crippen LogP contribution in [0.15, 0.2) is 103 Å². The summed E-state index contributed by atoms with van der Waals surface area (Å²) >= 11 is 0. The van der Waals surface area contributed by atoms with E-state index in [9.17, 15) is 9.59 Å². The van der Waals surface area contributed by atoms with Crippen molar-refractivity contribution in [1.29, 1.82) is 0 Å². The van der Waals surface area contributed by atoms with E-state index in [1.165, 1.54) is 0 Å². The first-order valence-electron chi connectivity index (χ1n) is 13.2. The molecule has 4 aromatic carbocycles. The lowest BCUT2D eigenvalue weighted by atomic mass is 10.0. The second kappa shape index (κ2) is 11.8. The number of hydrogen-bond donors (Lipinski definition) is 1. The monoisotopic (exact) mass is 532 g/mol. The van der Waals surface area contributed by atoms with Crippen LogP contribution in [0.3, 0.4) is 0 Å². The smallest absolute Gasteiger partial charge is 0.251 e. The number of aromatic nitrogens is 3. The van der Waals surface area contributed by atoms with E-state index in [1.807, 2.05) is 129 Å². The van der Waals surface area contributed by atoms with Crippen molar-refractivity contribution in [1.82, 2.24) is 19.9 Å². The van der Waals surface area contributed by atoms with Crippen LogP contribution in [0.25, 0.3) is 11.0 Å². The molecule has 0 radical (unpaired) electrons. The third-order valence-corrected chi connectivity index (χ3v) is 6.95. The van der Waals surface area contributed by atoms with Crippen molar-refractivity contribution in [3.8, 4) is 0 Å². The van der Waals surface area contributed by atoms with Gasteiger partial charge in [0.2, 0.25) is 5.91 Å². The molecule has 1 atom stereocenters. The van der Waals surface area contributed by atoms with Gasteiger partial charge in [-0.3, -0.25) is 9.59 Å². The Labute approximate surface area is 233 Å². The maximum Gasteiger partial charge on any atom is 0.251 e. The molecule has 5 rings (SSSR count). The lowest BCUT2D eigenvalue weighted by Gasteiger charge is -2.32. The van der Waals surface area contributed by atoms with E-state index in [0.717, 1.165) is 27.9 Å². The molecule has 1 heterocycles. The van der Waals surface area contributed by atoms with Crippen LogP contribution in [0.4, 0.5) is 11.4 Å². The minimum Gasteiger partial charge on any atom is -0.378 e. The van der Waals surface area contributed by atoms with Gasteiger partial charge >= 0.3 is 0 Å².